The third kappa shape index (κ3) is 2.65. The van der Waals surface area contributed by atoms with E-state index in [-0.39, 0.29) is 0 Å². The Labute approximate surface area is 104 Å². The molecule has 17 heavy (non-hydrogen) atoms. The van der Waals surface area contributed by atoms with Crippen LogP contribution in [0.4, 0.5) is 0 Å². The molecule has 2 fully saturated rings. The largest absolute Gasteiger partial charge is 0.481 e. The van der Waals surface area contributed by atoms with Crippen molar-refractivity contribution in [3.05, 3.63) is 0 Å². The molecule has 2 rings (SSSR count). The van der Waals surface area contributed by atoms with Crippen LogP contribution in [0.25, 0.3) is 0 Å². The molecule has 1 saturated heterocycles. The number of carboxylic acid groups (broad SMARTS) is 1. The second kappa shape index (κ2) is 4.97. The molecule has 0 bridgehead atoms. The SMILES string of the molecule is CC(C1CCCC1)N1CCCC(C)(C(=O)O)C1. The first kappa shape index (κ1) is 12.9. The molecule has 3 heteroatoms. The van der Waals surface area contributed by atoms with Crippen molar-refractivity contribution in [2.45, 2.75) is 58.4 Å². The van der Waals surface area contributed by atoms with Crippen molar-refractivity contribution in [1.29, 1.82) is 0 Å². The van der Waals surface area contributed by atoms with Crippen LogP contribution in [0.2, 0.25) is 0 Å². The van der Waals surface area contributed by atoms with Crippen molar-refractivity contribution < 1.29 is 9.90 Å². The van der Waals surface area contributed by atoms with Gasteiger partial charge in [-0.15, -0.1) is 0 Å². The van der Waals surface area contributed by atoms with Gasteiger partial charge in [0.1, 0.15) is 0 Å². The van der Waals surface area contributed by atoms with Crippen LogP contribution in [0.3, 0.4) is 0 Å². The van der Waals surface area contributed by atoms with Gasteiger partial charge in [0.25, 0.3) is 0 Å². The molecule has 0 aromatic rings. The van der Waals surface area contributed by atoms with Crippen LogP contribution in [-0.2, 0) is 4.79 Å². The summed E-state index contributed by atoms with van der Waals surface area (Å²) in [6.45, 7) is 6.02. The zero-order valence-electron chi connectivity index (χ0n) is 11.1. The summed E-state index contributed by atoms with van der Waals surface area (Å²) < 4.78 is 0. The highest BCUT2D eigenvalue weighted by Crippen LogP contribution is 2.35. The van der Waals surface area contributed by atoms with Gasteiger partial charge in [-0.3, -0.25) is 9.69 Å². The molecular weight excluding hydrogens is 214 g/mol. The van der Waals surface area contributed by atoms with E-state index in [1.807, 2.05) is 6.92 Å². The fourth-order valence-electron chi connectivity index (χ4n) is 3.54. The summed E-state index contributed by atoms with van der Waals surface area (Å²) in [4.78, 5) is 13.8. The van der Waals surface area contributed by atoms with E-state index >= 15 is 0 Å². The molecule has 1 aliphatic heterocycles. The first-order valence-electron chi connectivity index (χ1n) is 7.00. The standard InChI is InChI=1S/C14H25NO2/c1-11(12-6-3-4-7-12)15-9-5-8-14(2,10-15)13(16)17/h11-12H,3-10H2,1-2H3,(H,16,17). The Bertz CT molecular complexity index is 286. The normalized spacial score (nSPS) is 33.8. The van der Waals surface area contributed by atoms with E-state index in [0.717, 1.165) is 31.8 Å². The summed E-state index contributed by atoms with van der Waals surface area (Å²) >= 11 is 0. The van der Waals surface area contributed by atoms with Crippen molar-refractivity contribution in [3.63, 3.8) is 0 Å². The monoisotopic (exact) mass is 239 g/mol. The van der Waals surface area contributed by atoms with Gasteiger partial charge < -0.3 is 5.11 Å². The van der Waals surface area contributed by atoms with Gasteiger partial charge in [0, 0.05) is 12.6 Å². The van der Waals surface area contributed by atoms with Gasteiger partial charge in [-0.2, -0.15) is 0 Å². The molecule has 0 radical (unpaired) electrons. The molecule has 0 spiro atoms. The van der Waals surface area contributed by atoms with Crippen molar-refractivity contribution >= 4 is 5.97 Å². The minimum absolute atomic E-state index is 0.523. The van der Waals surface area contributed by atoms with E-state index in [4.69, 9.17) is 0 Å². The topological polar surface area (TPSA) is 40.5 Å². The van der Waals surface area contributed by atoms with E-state index < -0.39 is 11.4 Å². The Morgan fingerprint density at radius 2 is 2.00 bits per heavy atom. The Hall–Kier alpha value is -0.570. The van der Waals surface area contributed by atoms with Crippen LogP contribution in [0.15, 0.2) is 0 Å². The Kier molecular flexibility index (Phi) is 3.76. The van der Waals surface area contributed by atoms with Crippen LogP contribution in [-0.4, -0.2) is 35.1 Å². The summed E-state index contributed by atoms with van der Waals surface area (Å²) in [7, 11) is 0. The van der Waals surface area contributed by atoms with Gasteiger partial charge in [0.05, 0.1) is 5.41 Å². The van der Waals surface area contributed by atoms with Gasteiger partial charge in [-0.05, 0) is 52.0 Å². The quantitative estimate of drug-likeness (QED) is 0.823. The lowest BCUT2D eigenvalue weighted by molar-refractivity contribution is -0.152. The second-order valence-electron chi connectivity index (χ2n) is 6.22. The molecule has 0 amide bonds. The maximum atomic E-state index is 11.3. The first-order chi connectivity index (χ1) is 8.03. The maximum Gasteiger partial charge on any atom is 0.310 e. The van der Waals surface area contributed by atoms with Gasteiger partial charge in [-0.1, -0.05) is 12.8 Å². The van der Waals surface area contributed by atoms with Gasteiger partial charge >= 0.3 is 5.97 Å². The summed E-state index contributed by atoms with van der Waals surface area (Å²) in [6, 6.07) is 0.566. The lowest BCUT2D eigenvalue weighted by atomic mass is 9.80. The summed E-state index contributed by atoms with van der Waals surface area (Å²) in [6.07, 6.45) is 7.25. The molecule has 0 aromatic carbocycles. The maximum absolute atomic E-state index is 11.3. The highest BCUT2D eigenvalue weighted by Gasteiger charge is 2.40. The number of rotatable bonds is 3. The van der Waals surface area contributed by atoms with Gasteiger partial charge in [-0.25, -0.2) is 0 Å². The molecule has 1 heterocycles. The minimum atomic E-state index is -0.624. The van der Waals surface area contributed by atoms with Gasteiger partial charge in [0.15, 0.2) is 0 Å². The van der Waals surface area contributed by atoms with E-state index in [0.29, 0.717) is 6.04 Å². The van der Waals surface area contributed by atoms with E-state index in [1.165, 1.54) is 25.7 Å². The van der Waals surface area contributed by atoms with Crippen molar-refractivity contribution in [3.8, 4) is 0 Å². The third-order valence-corrected chi connectivity index (χ3v) is 4.90. The van der Waals surface area contributed by atoms with Crippen molar-refractivity contribution in [2.24, 2.45) is 11.3 Å². The van der Waals surface area contributed by atoms with E-state index in [9.17, 15) is 9.90 Å². The zero-order chi connectivity index (χ0) is 12.5. The predicted molar refractivity (Wildman–Crippen MR) is 68.0 cm³/mol. The number of carbonyl (C=O) groups is 1. The Morgan fingerprint density at radius 1 is 1.35 bits per heavy atom. The van der Waals surface area contributed by atoms with Crippen LogP contribution < -0.4 is 0 Å². The molecule has 1 N–H and O–H groups in total. The fourth-order valence-corrected chi connectivity index (χ4v) is 3.54. The molecule has 2 atom stereocenters. The van der Waals surface area contributed by atoms with Crippen molar-refractivity contribution in [1.82, 2.24) is 4.90 Å². The third-order valence-electron chi connectivity index (χ3n) is 4.90. The van der Waals surface area contributed by atoms with E-state index in [2.05, 4.69) is 11.8 Å². The molecule has 0 aromatic heterocycles. The Balaban J connectivity index is 1.99. The number of aliphatic carboxylic acids is 1. The number of piperidine rings is 1. The smallest absolute Gasteiger partial charge is 0.310 e. The van der Waals surface area contributed by atoms with Crippen molar-refractivity contribution in [2.75, 3.05) is 13.1 Å². The number of hydrogen-bond acceptors (Lipinski definition) is 2. The average molecular weight is 239 g/mol. The number of likely N-dealkylation sites (tertiary alicyclic amines) is 1. The van der Waals surface area contributed by atoms with Crippen LogP contribution in [0, 0.1) is 11.3 Å². The summed E-state index contributed by atoms with van der Waals surface area (Å²) in [5.41, 5.74) is -0.523. The lowest BCUT2D eigenvalue weighted by Gasteiger charge is -2.42. The average Bonchev–Trinajstić information content (AvgIpc) is 2.81. The number of nitrogens with zero attached hydrogens (tertiary/aromatic N) is 1. The molecule has 1 aliphatic carbocycles. The summed E-state index contributed by atoms with van der Waals surface area (Å²) in [5.74, 6) is 0.173. The lowest BCUT2D eigenvalue weighted by Crippen LogP contribution is -2.50. The van der Waals surface area contributed by atoms with E-state index in [1.54, 1.807) is 0 Å². The van der Waals surface area contributed by atoms with Crippen LogP contribution in [0.1, 0.15) is 52.4 Å². The Morgan fingerprint density at radius 3 is 2.59 bits per heavy atom. The van der Waals surface area contributed by atoms with Crippen LogP contribution >= 0.6 is 0 Å². The highest BCUT2D eigenvalue weighted by molar-refractivity contribution is 5.74. The molecule has 3 nitrogen and oxygen atoms in total. The highest BCUT2D eigenvalue weighted by atomic mass is 16.4. The zero-order valence-corrected chi connectivity index (χ0v) is 11.1. The molecule has 98 valence electrons. The van der Waals surface area contributed by atoms with Gasteiger partial charge in [0.2, 0.25) is 0 Å². The minimum Gasteiger partial charge on any atom is -0.481 e. The second-order valence-corrected chi connectivity index (χ2v) is 6.22. The van der Waals surface area contributed by atoms with Crippen LogP contribution in [0.5, 0.6) is 0 Å². The molecule has 1 saturated carbocycles. The number of hydrogen-bond donors (Lipinski definition) is 1. The molecule has 2 unspecified atom stereocenters. The predicted octanol–water partition coefficient (Wildman–Crippen LogP) is 2.75. The summed E-state index contributed by atoms with van der Waals surface area (Å²) in [5, 5.41) is 9.34. The first-order valence-corrected chi connectivity index (χ1v) is 7.00. The molecular formula is C14H25NO2. The number of carboxylic acids is 1. The fraction of sp³-hybridized carbons (Fsp3) is 0.929. The molecule has 2 aliphatic rings.